The minimum Gasteiger partial charge on any atom is -0.389 e. The Labute approximate surface area is 106 Å². The van der Waals surface area contributed by atoms with Gasteiger partial charge in [-0.05, 0) is 0 Å². The molecule has 1 atom stereocenters. The summed E-state index contributed by atoms with van der Waals surface area (Å²) in [6.45, 7) is 1.26. The quantitative estimate of drug-likeness (QED) is 0.754. The van der Waals surface area contributed by atoms with Gasteiger partial charge < -0.3 is 14.4 Å². The average molecular weight is 275 g/mol. The zero-order chi connectivity index (χ0) is 13.0. The number of nitrogens with zero attached hydrogens (tertiary/aromatic N) is 3. The van der Waals surface area contributed by atoms with Crippen LogP contribution in [0.2, 0.25) is 0 Å². The van der Waals surface area contributed by atoms with Crippen molar-refractivity contribution in [2.24, 2.45) is 0 Å². The van der Waals surface area contributed by atoms with Gasteiger partial charge in [-0.2, -0.15) is 4.31 Å². The summed E-state index contributed by atoms with van der Waals surface area (Å²) in [5.74, 6) is -0.00389. The predicted molar refractivity (Wildman–Crippen MR) is 64.4 cm³/mol. The summed E-state index contributed by atoms with van der Waals surface area (Å²) in [6, 6.07) is 0. The summed E-state index contributed by atoms with van der Waals surface area (Å²) in [4.78, 5) is 3.86. The molecule has 1 aliphatic rings. The molecule has 1 saturated heterocycles. The standard InChI is InChI=1S/C10H17N3O4S/c14-10-7-13(3-5-17-8-10)18(15,16)6-4-12-2-1-11-9-12/h1-2,9-10,14H,3-8H2. The van der Waals surface area contributed by atoms with Crippen molar-refractivity contribution in [2.45, 2.75) is 12.6 Å². The summed E-state index contributed by atoms with van der Waals surface area (Å²) < 4.78 is 32.3. The molecule has 1 fully saturated rings. The molecule has 18 heavy (non-hydrogen) atoms. The fourth-order valence-electron chi connectivity index (χ4n) is 1.79. The first-order valence-corrected chi connectivity index (χ1v) is 7.38. The van der Waals surface area contributed by atoms with Crippen LogP contribution in [0.25, 0.3) is 0 Å². The maximum absolute atomic E-state index is 12.1. The van der Waals surface area contributed by atoms with Crippen LogP contribution in [0.5, 0.6) is 0 Å². The predicted octanol–water partition coefficient (Wildman–Crippen LogP) is -1.09. The van der Waals surface area contributed by atoms with Crippen molar-refractivity contribution in [3.05, 3.63) is 18.7 Å². The Morgan fingerprint density at radius 3 is 3.06 bits per heavy atom. The molecule has 8 heteroatoms. The van der Waals surface area contributed by atoms with Crippen molar-refractivity contribution in [1.29, 1.82) is 0 Å². The molecule has 1 aromatic heterocycles. The van der Waals surface area contributed by atoms with Gasteiger partial charge in [0, 0.05) is 32.0 Å². The van der Waals surface area contributed by atoms with E-state index in [-0.39, 0.29) is 18.9 Å². The highest BCUT2D eigenvalue weighted by Crippen LogP contribution is 2.08. The molecule has 1 aliphatic heterocycles. The summed E-state index contributed by atoms with van der Waals surface area (Å²) in [6.07, 6.45) is 4.15. The molecule has 1 aromatic rings. The Morgan fingerprint density at radius 2 is 2.33 bits per heavy atom. The topological polar surface area (TPSA) is 84.7 Å². The number of aryl methyl sites for hydroxylation is 1. The summed E-state index contributed by atoms with van der Waals surface area (Å²) in [5.41, 5.74) is 0. The van der Waals surface area contributed by atoms with Crippen LogP contribution in [0, 0.1) is 0 Å². The van der Waals surface area contributed by atoms with Crippen LogP contribution in [0.3, 0.4) is 0 Å². The highest BCUT2D eigenvalue weighted by molar-refractivity contribution is 7.89. The van der Waals surface area contributed by atoms with Gasteiger partial charge in [-0.1, -0.05) is 0 Å². The van der Waals surface area contributed by atoms with E-state index in [0.29, 0.717) is 19.7 Å². The molecular weight excluding hydrogens is 258 g/mol. The van der Waals surface area contributed by atoms with Crippen LogP contribution in [0.4, 0.5) is 0 Å². The van der Waals surface area contributed by atoms with E-state index in [1.807, 2.05) is 0 Å². The molecule has 0 amide bonds. The smallest absolute Gasteiger partial charge is 0.216 e. The molecule has 0 aromatic carbocycles. The van der Waals surface area contributed by atoms with Crippen LogP contribution in [0.15, 0.2) is 18.7 Å². The second-order valence-corrected chi connectivity index (χ2v) is 6.29. The van der Waals surface area contributed by atoms with Gasteiger partial charge in [0.1, 0.15) is 0 Å². The van der Waals surface area contributed by atoms with Crippen molar-refractivity contribution in [2.75, 3.05) is 32.1 Å². The molecule has 1 N–H and O–H groups in total. The maximum Gasteiger partial charge on any atom is 0.216 e. The molecular formula is C10H17N3O4S. The van der Waals surface area contributed by atoms with Gasteiger partial charge in [0.25, 0.3) is 0 Å². The first-order chi connectivity index (χ1) is 8.58. The van der Waals surface area contributed by atoms with E-state index in [4.69, 9.17) is 4.74 Å². The molecule has 0 saturated carbocycles. The van der Waals surface area contributed by atoms with Gasteiger partial charge in [-0.25, -0.2) is 13.4 Å². The van der Waals surface area contributed by atoms with Crippen LogP contribution < -0.4 is 0 Å². The summed E-state index contributed by atoms with van der Waals surface area (Å²) >= 11 is 0. The number of aromatic nitrogens is 2. The number of hydrogen-bond donors (Lipinski definition) is 1. The maximum atomic E-state index is 12.1. The van der Waals surface area contributed by atoms with Gasteiger partial charge >= 0.3 is 0 Å². The van der Waals surface area contributed by atoms with Crippen LogP contribution in [0.1, 0.15) is 0 Å². The van der Waals surface area contributed by atoms with E-state index in [1.165, 1.54) is 4.31 Å². The van der Waals surface area contributed by atoms with Crippen LogP contribution in [-0.2, 0) is 21.3 Å². The lowest BCUT2D eigenvalue weighted by molar-refractivity contribution is 0.0583. The molecule has 0 radical (unpaired) electrons. The number of hydrogen-bond acceptors (Lipinski definition) is 5. The molecule has 7 nitrogen and oxygen atoms in total. The minimum absolute atomic E-state index is 0.00389. The largest absolute Gasteiger partial charge is 0.389 e. The number of β-amino-alcohol motifs (C(OH)–C–C–N with tert-alkyl or cyclic N) is 1. The van der Waals surface area contributed by atoms with Crippen molar-refractivity contribution in [3.8, 4) is 0 Å². The Bertz CT molecular complexity index is 459. The van der Waals surface area contributed by atoms with Gasteiger partial charge in [0.15, 0.2) is 0 Å². The Morgan fingerprint density at radius 1 is 1.50 bits per heavy atom. The van der Waals surface area contributed by atoms with E-state index in [0.717, 1.165) is 0 Å². The van der Waals surface area contributed by atoms with Crippen LogP contribution >= 0.6 is 0 Å². The van der Waals surface area contributed by atoms with Crippen molar-refractivity contribution in [3.63, 3.8) is 0 Å². The van der Waals surface area contributed by atoms with E-state index in [1.54, 1.807) is 23.3 Å². The zero-order valence-electron chi connectivity index (χ0n) is 9.97. The third kappa shape index (κ3) is 3.52. The SMILES string of the molecule is O=S(=O)(CCn1ccnc1)N1CCOCC(O)C1. The molecule has 0 bridgehead atoms. The third-order valence-electron chi connectivity index (χ3n) is 2.77. The first kappa shape index (κ1) is 13.5. The number of aliphatic hydroxyl groups is 1. The fourth-order valence-corrected chi connectivity index (χ4v) is 3.24. The Kier molecular flexibility index (Phi) is 4.33. The molecule has 0 aliphatic carbocycles. The van der Waals surface area contributed by atoms with E-state index in [9.17, 15) is 13.5 Å². The van der Waals surface area contributed by atoms with Gasteiger partial charge in [0.2, 0.25) is 10.0 Å². The van der Waals surface area contributed by atoms with Crippen molar-refractivity contribution < 1.29 is 18.3 Å². The van der Waals surface area contributed by atoms with Crippen molar-refractivity contribution >= 4 is 10.0 Å². The second-order valence-electron chi connectivity index (χ2n) is 4.20. The van der Waals surface area contributed by atoms with Crippen molar-refractivity contribution in [1.82, 2.24) is 13.9 Å². The summed E-state index contributed by atoms with van der Waals surface area (Å²) in [7, 11) is -3.37. The van der Waals surface area contributed by atoms with E-state index >= 15 is 0 Å². The first-order valence-electron chi connectivity index (χ1n) is 5.77. The number of imidazole rings is 1. The number of aliphatic hydroxyl groups excluding tert-OH is 1. The summed E-state index contributed by atoms with van der Waals surface area (Å²) in [5, 5.41) is 9.53. The molecule has 2 heterocycles. The fraction of sp³-hybridized carbons (Fsp3) is 0.700. The van der Waals surface area contributed by atoms with Crippen LogP contribution in [-0.4, -0.2) is 65.5 Å². The highest BCUT2D eigenvalue weighted by atomic mass is 32.2. The number of sulfonamides is 1. The number of ether oxygens (including phenoxy) is 1. The van der Waals surface area contributed by atoms with E-state index < -0.39 is 16.1 Å². The lowest BCUT2D eigenvalue weighted by Crippen LogP contribution is -2.39. The van der Waals surface area contributed by atoms with Gasteiger partial charge in [-0.15, -0.1) is 0 Å². The Hall–Kier alpha value is -0.960. The molecule has 0 spiro atoms. The number of rotatable bonds is 4. The van der Waals surface area contributed by atoms with Gasteiger partial charge in [0.05, 0.1) is 31.4 Å². The van der Waals surface area contributed by atoms with E-state index in [2.05, 4.69) is 4.98 Å². The molecule has 102 valence electrons. The van der Waals surface area contributed by atoms with Gasteiger partial charge in [-0.3, -0.25) is 0 Å². The lowest BCUT2D eigenvalue weighted by Gasteiger charge is -2.20. The average Bonchev–Trinajstić information content (AvgIpc) is 2.74. The molecule has 1 unspecified atom stereocenters. The Balaban J connectivity index is 1.96. The minimum atomic E-state index is -3.37. The zero-order valence-corrected chi connectivity index (χ0v) is 10.8. The second kappa shape index (κ2) is 5.79. The highest BCUT2D eigenvalue weighted by Gasteiger charge is 2.26. The monoisotopic (exact) mass is 275 g/mol. The lowest BCUT2D eigenvalue weighted by atomic mass is 10.4. The molecule has 2 rings (SSSR count). The third-order valence-corrected chi connectivity index (χ3v) is 4.59. The normalized spacial score (nSPS) is 22.8.